The lowest BCUT2D eigenvalue weighted by Gasteiger charge is -2.20. The van der Waals surface area contributed by atoms with E-state index in [0.717, 1.165) is 40.1 Å². The lowest BCUT2D eigenvalue weighted by atomic mass is 9.86. The Labute approximate surface area is 238 Å². The number of hydrogen-bond acceptors (Lipinski definition) is 2. The molecule has 2 aromatic heterocycles. The maximum absolute atomic E-state index is 5.25. The minimum Gasteiger partial charge on any atom is -0.309 e. The maximum atomic E-state index is 5.25. The normalized spacial score (nSPS) is 15.0. The Balaban J connectivity index is 1.27. The Kier molecular flexibility index (Phi) is 5.60. The third-order valence-electron chi connectivity index (χ3n) is 8.16. The third-order valence-corrected chi connectivity index (χ3v) is 8.16. The number of para-hydroxylation sites is 3. The average Bonchev–Trinajstić information content (AvgIpc) is 3.39. The van der Waals surface area contributed by atoms with Gasteiger partial charge in [0.2, 0.25) is 0 Å². The summed E-state index contributed by atoms with van der Waals surface area (Å²) in [6.45, 7) is 0. The van der Waals surface area contributed by atoms with Gasteiger partial charge < -0.3 is 4.57 Å². The molecule has 0 amide bonds. The summed E-state index contributed by atoms with van der Waals surface area (Å²) < 4.78 is 2.34. The molecule has 41 heavy (non-hydrogen) atoms. The second kappa shape index (κ2) is 9.72. The minimum atomic E-state index is 0.326. The quantitative estimate of drug-likeness (QED) is 0.229. The molecule has 0 fully saturated rings. The molecule has 2 heterocycles. The fourth-order valence-electron chi connectivity index (χ4n) is 6.22. The van der Waals surface area contributed by atoms with E-state index in [1.54, 1.807) is 0 Å². The minimum absolute atomic E-state index is 0.326. The molecule has 0 saturated heterocycles. The van der Waals surface area contributed by atoms with Crippen LogP contribution in [0.3, 0.4) is 0 Å². The molecular formula is C38H27N3. The van der Waals surface area contributed by atoms with E-state index < -0.39 is 0 Å². The number of rotatable bonds is 4. The fraction of sp³-hybridized carbons (Fsp3) is 0.0526. The molecule has 194 valence electrons. The average molecular weight is 526 g/mol. The molecule has 0 saturated carbocycles. The van der Waals surface area contributed by atoms with E-state index in [4.69, 9.17) is 9.97 Å². The summed E-state index contributed by atoms with van der Waals surface area (Å²) in [5.74, 6) is 1.07. The van der Waals surface area contributed by atoms with E-state index in [1.807, 2.05) is 0 Å². The number of hydrogen-bond donors (Lipinski definition) is 0. The molecule has 7 aromatic rings. The Bertz CT molecular complexity index is 2080. The molecule has 0 N–H and O–H groups in total. The van der Waals surface area contributed by atoms with Gasteiger partial charge >= 0.3 is 0 Å². The Morgan fingerprint density at radius 3 is 2.07 bits per heavy atom. The maximum Gasteiger partial charge on any atom is 0.160 e. The van der Waals surface area contributed by atoms with Crippen LogP contribution in [0, 0.1) is 0 Å². The van der Waals surface area contributed by atoms with Gasteiger partial charge in [0.15, 0.2) is 5.82 Å². The van der Waals surface area contributed by atoms with Crippen LogP contribution in [0.1, 0.15) is 23.6 Å². The predicted molar refractivity (Wildman–Crippen MR) is 170 cm³/mol. The van der Waals surface area contributed by atoms with Gasteiger partial charge in [-0.3, -0.25) is 0 Å². The van der Waals surface area contributed by atoms with Crippen molar-refractivity contribution in [2.75, 3.05) is 0 Å². The summed E-state index contributed by atoms with van der Waals surface area (Å²) in [7, 11) is 0. The van der Waals surface area contributed by atoms with Crippen LogP contribution in [0.25, 0.3) is 55.4 Å². The third kappa shape index (κ3) is 4.06. The first-order chi connectivity index (χ1) is 20.3. The van der Waals surface area contributed by atoms with Crippen LogP contribution < -0.4 is 0 Å². The predicted octanol–water partition coefficient (Wildman–Crippen LogP) is 9.52. The van der Waals surface area contributed by atoms with Crippen molar-refractivity contribution >= 4 is 38.3 Å². The van der Waals surface area contributed by atoms with Gasteiger partial charge in [0, 0.05) is 33.3 Å². The van der Waals surface area contributed by atoms with Crippen LogP contribution in [-0.2, 0) is 0 Å². The number of benzene rings is 5. The molecule has 0 radical (unpaired) electrons. The van der Waals surface area contributed by atoms with E-state index in [1.165, 1.54) is 32.9 Å². The van der Waals surface area contributed by atoms with Crippen molar-refractivity contribution < 1.29 is 0 Å². The van der Waals surface area contributed by atoms with Gasteiger partial charge in [-0.05, 0) is 47.9 Å². The summed E-state index contributed by atoms with van der Waals surface area (Å²) in [4.78, 5) is 10.3. The highest BCUT2D eigenvalue weighted by Crippen LogP contribution is 2.37. The van der Waals surface area contributed by atoms with Crippen LogP contribution in [0.4, 0.5) is 0 Å². The van der Waals surface area contributed by atoms with E-state index in [0.29, 0.717) is 5.92 Å². The van der Waals surface area contributed by atoms with Crippen molar-refractivity contribution in [3.63, 3.8) is 0 Å². The molecule has 1 aliphatic carbocycles. The zero-order valence-corrected chi connectivity index (χ0v) is 22.5. The number of fused-ring (bicyclic) bond motifs is 4. The molecule has 3 heteroatoms. The van der Waals surface area contributed by atoms with Crippen molar-refractivity contribution in [1.82, 2.24) is 14.5 Å². The van der Waals surface area contributed by atoms with E-state index in [-0.39, 0.29) is 0 Å². The summed E-state index contributed by atoms with van der Waals surface area (Å²) in [5.41, 5.74) is 9.02. The topological polar surface area (TPSA) is 30.7 Å². The monoisotopic (exact) mass is 525 g/mol. The molecule has 0 aliphatic heterocycles. The van der Waals surface area contributed by atoms with Gasteiger partial charge in [-0.2, -0.15) is 0 Å². The van der Waals surface area contributed by atoms with Crippen molar-refractivity contribution in [3.8, 4) is 17.1 Å². The van der Waals surface area contributed by atoms with Crippen LogP contribution in [-0.4, -0.2) is 14.5 Å². The van der Waals surface area contributed by atoms with Crippen LogP contribution in [0.15, 0.2) is 146 Å². The first-order valence-electron chi connectivity index (χ1n) is 14.1. The van der Waals surface area contributed by atoms with Crippen molar-refractivity contribution in [2.24, 2.45) is 0 Å². The summed E-state index contributed by atoms with van der Waals surface area (Å²) in [5, 5.41) is 3.59. The SMILES string of the molecule is C1=CC(c2ccccc2)CC(c2nc(-c3cccc(-n4c5ccccc5c5ccccc54)c3)nc3ccccc23)=C1. The van der Waals surface area contributed by atoms with Gasteiger partial charge in [0.05, 0.1) is 22.2 Å². The molecular weight excluding hydrogens is 498 g/mol. The van der Waals surface area contributed by atoms with Crippen molar-refractivity contribution in [3.05, 3.63) is 157 Å². The molecule has 1 unspecified atom stereocenters. The molecule has 0 bridgehead atoms. The molecule has 3 nitrogen and oxygen atoms in total. The first kappa shape index (κ1) is 23.6. The van der Waals surface area contributed by atoms with Gasteiger partial charge in [0.1, 0.15) is 0 Å². The van der Waals surface area contributed by atoms with Gasteiger partial charge in [-0.15, -0.1) is 0 Å². The van der Waals surface area contributed by atoms with E-state index in [2.05, 4.69) is 150 Å². The second-order valence-electron chi connectivity index (χ2n) is 10.6. The lowest BCUT2D eigenvalue weighted by Crippen LogP contribution is -2.04. The van der Waals surface area contributed by atoms with E-state index >= 15 is 0 Å². The highest BCUT2D eigenvalue weighted by Gasteiger charge is 2.20. The number of allylic oxidation sites excluding steroid dienone is 4. The van der Waals surface area contributed by atoms with Crippen LogP contribution in [0.2, 0.25) is 0 Å². The molecule has 5 aromatic carbocycles. The molecule has 1 atom stereocenters. The van der Waals surface area contributed by atoms with Crippen molar-refractivity contribution in [2.45, 2.75) is 12.3 Å². The summed E-state index contributed by atoms with van der Waals surface area (Å²) in [6.07, 6.45) is 7.59. The van der Waals surface area contributed by atoms with Gasteiger partial charge in [-0.25, -0.2) is 9.97 Å². The highest BCUT2D eigenvalue weighted by molar-refractivity contribution is 6.09. The number of nitrogens with zero attached hydrogens (tertiary/aromatic N) is 3. The molecule has 8 rings (SSSR count). The Morgan fingerprint density at radius 1 is 0.610 bits per heavy atom. The van der Waals surface area contributed by atoms with Gasteiger partial charge in [0.25, 0.3) is 0 Å². The standard InChI is InChI=1S/C38H27N3/c1-2-12-26(13-3-1)27-14-10-15-28(24-27)37-33-20-4-7-21-34(33)39-38(40-37)29-16-11-17-30(25-29)41-35-22-8-5-18-31(35)32-19-6-9-23-36(32)41/h1-23,25,27H,24H2. The lowest BCUT2D eigenvalue weighted by molar-refractivity contribution is 0.864. The van der Waals surface area contributed by atoms with Crippen LogP contribution in [0.5, 0.6) is 0 Å². The molecule has 1 aliphatic rings. The first-order valence-corrected chi connectivity index (χ1v) is 14.1. The second-order valence-corrected chi connectivity index (χ2v) is 10.6. The van der Waals surface area contributed by atoms with E-state index in [9.17, 15) is 0 Å². The largest absolute Gasteiger partial charge is 0.309 e. The van der Waals surface area contributed by atoms with Crippen LogP contribution >= 0.6 is 0 Å². The molecule has 0 spiro atoms. The Morgan fingerprint density at radius 2 is 1.29 bits per heavy atom. The number of aromatic nitrogens is 3. The highest BCUT2D eigenvalue weighted by atomic mass is 15.0. The smallest absolute Gasteiger partial charge is 0.160 e. The summed E-state index contributed by atoms with van der Waals surface area (Å²) >= 11 is 0. The zero-order chi connectivity index (χ0) is 27.2. The summed E-state index contributed by atoms with van der Waals surface area (Å²) in [6, 6.07) is 44.9. The zero-order valence-electron chi connectivity index (χ0n) is 22.5. The Hall–Kier alpha value is -5.28. The van der Waals surface area contributed by atoms with Gasteiger partial charge in [-0.1, -0.05) is 115 Å². The fourth-order valence-corrected chi connectivity index (χ4v) is 6.22. The van der Waals surface area contributed by atoms with Crippen molar-refractivity contribution in [1.29, 1.82) is 0 Å².